The number of anilines is 1. The molecule has 1 amide bonds. The number of halogens is 4. The van der Waals surface area contributed by atoms with Gasteiger partial charge in [-0.15, -0.1) is 11.3 Å². The highest BCUT2D eigenvalue weighted by atomic mass is 32.1. The smallest absolute Gasteiger partial charge is 0.425 e. The Morgan fingerprint density at radius 2 is 1.85 bits per heavy atom. The number of hydrogen-bond donors (Lipinski definition) is 1. The summed E-state index contributed by atoms with van der Waals surface area (Å²) < 4.78 is 56.0. The van der Waals surface area contributed by atoms with Gasteiger partial charge in [0.2, 0.25) is 5.88 Å². The van der Waals surface area contributed by atoms with Gasteiger partial charge in [-0.05, 0) is 30.3 Å². The van der Waals surface area contributed by atoms with Gasteiger partial charge >= 0.3 is 6.18 Å². The van der Waals surface area contributed by atoms with E-state index in [1.807, 2.05) is 0 Å². The number of rotatable bonds is 4. The SMILES string of the molecule is O=C(Nc1cccc(Oc2csc(C(F)(F)F)c2)n1)c1ccc(F)cc1. The van der Waals surface area contributed by atoms with Crippen LogP contribution in [0.4, 0.5) is 23.4 Å². The second-order valence-corrected chi connectivity index (χ2v) is 5.98. The molecule has 0 fully saturated rings. The van der Waals surface area contributed by atoms with Gasteiger partial charge in [0, 0.05) is 23.1 Å². The van der Waals surface area contributed by atoms with Crippen LogP contribution in [0, 0.1) is 5.82 Å². The molecule has 0 saturated carbocycles. The van der Waals surface area contributed by atoms with E-state index in [1.165, 1.54) is 35.7 Å². The third kappa shape index (κ3) is 4.37. The van der Waals surface area contributed by atoms with E-state index in [-0.39, 0.29) is 23.0 Å². The van der Waals surface area contributed by atoms with E-state index in [1.54, 1.807) is 0 Å². The average molecular weight is 382 g/mol. The predicted molar refractivity (Wildman–Crippen MR) is 88.0 cm³/mol. The van der Waals surface area contributed by atoms with Crippen LogP contribution in [0.2, 0.25) is 0 Å². The van der Waals surface area contributed by atoms with Gasteiger partial charge in [0.05, 0.1) is 0 Å². The molecular weight excluding hydrogens is 372 g/mol. The summed E-state index contributed by atoms with van der Waals surface area (Å²) in [6.07, 6.45) is -4.44. The number of carbonyl (C=O) groups excluding carboxylic acids is 1. The molecule has 2 aromatic heterocycles. The molecule has 0 aliphatic rings. The fraction of sp³-hybridized carbons (Fsp3) is 0.0588. The predicted octanol–water partition coefficient (Wildman–Crippen LogP) is 5.35. The number of aromatic nitrogens is 1. The van der Waals surface area contributed by atoms with Crippen molar-refractivity contribution in [1.29, 1.82) is 0 Å². The second kappa shape index (κ2) is 7.12. The molecule has 1 aromatic carbocycles. The van der Waals surface area contributed by atoms with Crippen molar-refractivity contribution in [2.75, 3.05) is 5.32 Å². The number of nitrogens with one attached hydrogen (secondary N) is 1. The minimum atomic E-state index is -4.44. The van der Waals surface area contributed by atoms with E-state index in [4.69, 9.17) is 4.74 Å². The van der Waals surface area contributed by atoms with Gasteiger partial charge in [-0.25, -0.2) is 4.39 Å². The Balaban J connectivity index is 1.71. The second-order valence-electron chi connectivity index (χ2n) is 5.07. The lowest BCUT2D eigenvalue weighted by atomic mass is 10.2. The topological polar surface area (TPSA) is 51.2 Å². The van der Waals surface area contributed by atoms with Crippen molar-refractivity contribution in [3.8, 4) is 11.6 Å². The summed E-state index contributed by atoms with van der Waals surface area (Å²) in [5, 5.41) is 3.72. The number of hydrogen-bond acceptors (Lipinski definition) is 4. The number of nitrogens with zero attached hydrogens (tertiary/aromatic N) is 1. The summed E-state index contributed by atoms with van der Waals surface area (Å²) in [6, 6.07) is 10.3. The standard InChI is InChI=1S/C17H10F4N2O2S/c18-11-6-4-10(5-7-11)16(24)23-14-2-1-3-15(22-14)25-12-8-13(26-9-12)17(19,20)21/h1-9H,(H,22,23,24). The van der Waals surface area contributed by atoms with Gasteiger partial charge in [0.25, 0.3) is 5.91 Å². The number of ether oxygens (including phenoxy) is 1. The summed E-state index contributed by atoms with van der Waals surface area (Å²) in [5.41, 5.74) is 0.229. The Hall–Kier alpha value is -2.94. The third-order valence-electron chi connectivity index (χ3n) is 3.15. The Kier molecular flexibility index (Phi) is 4.90. The monoisotopic (exact) mass is 382 g/mol. The van der Waals surface area contributed by atoms with Crippen molar-refractivity contribution in [3.63, 3.8) is 0 Å². The van der Waals surface area contributed by atoms with Crippen LogP contribution < -0.4 is 10.1 Å². The van der Waals surface area contributed by atoms with Crippen LogP contribution in [-0.2, 0) is 6.18 Å². The summed E-state index contributed by atoms with van der Waals surface area (Å²) in [7, 11) is 0. The zero-order valence-electron chi connectivity index (χ0n) is 12.9. The van der Waals surface area contributed by atoms with E-state index in [0.717, 1.165) is 18.2 Å². The lowest BCUT2D eigenvalue weighted by molar-refractivity contribution is -0.134. The molecule has 134 valence electrons. The number of amides is 1. The molecule has 0 saturated heterocycles. The molecule has 9 heteroatoms. The molecule has 0 atom stereocenters. The number of thiophene rings is 1. The lowest BCUT2D eigenvalue weighted by Gasteiger charge is -2.07. The highest BCUT2D eigenvalue weighted by molar-refractivity contribution is 7.10. The van der Waals surface area contributed by atoms with Gasteiger partial charge in [-0.2, -0.15) is 18.2 Å². The Morgan fingerprint density at radius 1 is 1.12 bits per heavy atom. The maximum absolute atomic E-state index is 12.9. The van der Waals surface area contributed by atoms with Crippen LogP contribution >= 0.6 is 11.3 Å². The van der Waals surface area contributed by atoms with Gasteiger partial charge in [0.1, 0.15) is 22.3 Å². The molecule has 0 unspecified atom stereocenters. The number of pyridine rings is 1. The Morgan fingerprint density at radius 3 is 2.50 bits per heavy atom. The molecule has 0 spiro atoms. The molecule has 2 heterocycles. The van der Waals surface area contributed by atoms with E-state index in [2.05, 4.69) is 10.3 Å². The van der Waals surface area contributed by atoms with Crippen LogP contribution in [0.25, 0.3) is 0 Å². The first-order valence-corrected chi connectivity index (χ1v) is 8.07. The van der Waals surface area contributed by atoms with Crippen molar-refractivity contribution >= 4 is 23.1 Å². The Bertz CT molecular complexity index is 923. The van der Waals surface area contributed by atoms with Crippen molar-refractivity contribution in [1.82, 2.24) is 4.98 Å². The highest BCUT2D eigenvalue weighted by Crippen LogP contribution is 2.37. The van der Waals surface area contributed by atoms with Crippen LogP contribution in [0.5, 0.6) is 11.6 Å². The maximum atomic E-state index is 12.9. The summed E-state index contributed by atoms with van der Waals surface area (Å²) >= 11 is 0.511. The van der Waals surface area contributed by atoms with Gasteiger partial charge in [-0.3, -0.25) is 4.79 Å². The van der Waals surface area contributed by atoms with Gasteiger partial charge in [-0.1, -0.05) is 6.07 Å². The summed E-state index contributed by atoms with van der Waals surface area (Å²) in [6.45, 7) is 0. The average Bonchev–Trinajstić information content (AvgIpc) is 3.04. The molecule has 3 rings (SSSR count). The molecule has 0 aliphatic carbocycles. The molecule has 4 nitrogen and oxygen atoms in total. The van der Waals surface area contributed by atoms with E-state index < -0.39 is 22.8 Å². The normalized spacial score (nSPS) is 11.2. The molecule has 0 bridgehead atoms. The largest absolute Gasteiger partial charge is 0.438 e. The number of carbonyl (C=O) groups is 1. The van der Waals surface area contributed by atoms with Crippen molar-refractivity contribution in [2.45, 2.75) is 6.18 Å². The van der Waals surface area contributed by atoms with E-state index >= 15 is 0 Å². The van der Waals surface area contributed by atoms with E-state index in [9.17, 15) is 22.4 Å². The summed E-state index contributed by atoms with van der Waals surface area (Å²) in [4.78, 5) is 15.3. The molecule has 0 radical (unpaired) electrons. The number of benzene rings is 1. The fourth-order valence-corrected chi connectivity index (χ4v) is 2.65. The zero-order valence-corrected chi connectivity index (χ0v) is 13.7. The van der Waals surface area contributed by atoms with Crippen LogP contribution in [0.3, 0.4) is 0 Å². The first-order valence-electron chi connectivity index (χ1n) is 7.19. The molecule has 3 aromatic rings. The summed E-state index contributed by atoms with van der Waals surface area (Å²) in [5.74, 6) is -0.818. The molecule has 26 heavy (non-hydrogen) atoms. The van der Waals surface area contributed by atoms with Crippen molar-refractivity contribution in [3.05, 3.63) is 70.2 Å². The van der Waals surface area contributed by atoms with Gasteiger partial charge in [0.15, 0.2) is 0 Å². The zero-order chi connectivity index (χ0) is 18.7. The highest BCUT2D eigenvalue weighted by Gasteiger charge is 2.32. The molecule has 1 N–H and O–H groups in total. The minimum Gasteiger partial charge on any atom is -0.438 e. The van der Waals surface area contributed by atoms with Crippen LogP contribution in [0.1, 0.15) is 15.2 Å². The lowest BCUT2D eigenvalue weighted by Crippen LogP contribution is -2.12. The number of alkyl halides is 3. The van der Waals surface area contributed by atoms with E-state index in [0.29, 0.717) is 11.3 Å². The maximum Gasteiger partial charge on any atom is 0.425 e. The Labute approximate surface area is 149 Å². The first kappa shape index (κ1) is 17.9. The molecular formula is C17H10F4N2O2S. The first-order chi connectivity index (χ1) is 12.3. The van der Waals surface area contributed by atoms with Crippen molar-refractivity contribution in [2.24, 2.45) is 0 Å². The third-order valence-corrected chi connectivity index (χ3v) is 4.10. The quantitative estimate of drug-likeness (QED) is 0.619. The molecule has 0 aliphatic heterocycles. The minimum absolute atomic E-state index is 0.00293. The van der Waals surface area contributed by atoms with Crippen LogP contribution in [-0.4, -0.2) is 10.9 Å². The van der Waals surface area contributed by atoms with Crippen LogP contribution in [0.15, 0.2) is 53.9 Å². The van der Waals surface area contributed by atoms with Crippen molar-refractivity contribution < 1.29 is 27.1 Å². The fourth-order valence-electron chi connectivity index (χ4n) is 1.97. The van der Waals surface area contributed by atoms with Gasteiger partial charge < -0.3 is 10.1 Å².